The van der Waals surface area contributed by atoms with Crippen LogP contribution >= 0.6 is 0 Å². The molecule has 0 heterocycles. The molecule has 0 radical (unpaired) electrons. The zero-order valence-electron chi connectivity index (χ0n) is 15.1. The van der Waals surface area contributed by atoms with Gasteiger partial charge in [0.05, 0.1) is 12.4 Å². The molecule has 0 atom stereocenters. The summed E-state index contributed by atoms with van der Waals surface area (Å²) in [6.45, 7) is 0. The monoisotopic (exact) mass is 386 g/mol. The second-order valence-corrected chi connectivity index (χ2v) is 5.90. The van der Waals surface area contributed by atoms with Gasteiger partial charge in [-0.05, 0) is 48.2 Å². The smallest absolute Gasteiger partial charge is 0.240 e. The molecule has 0 aliphatic rings. The first-order valence-corrected chi connectivity index (χ1v) is 8.68. The molecule has 0 saturated carbocycles. The van der Waals surface area contributed by atoms with E-state index in [1.807, 2.05) is 0 Å². The summed E-state index contributed by atoms with van der Waals surface area (Å²) in [5.74, 6) is -1.35. The number of unbranched alkanes of at least 4 members (excludes halogenated alkanes) is 1. The molecule has 2 amide bonds. The van der Waals surface area contributed by atoms with Crippen LogP contribution in [-0.4, -0.2) is 24.2 Å². The Kier molecular flexibility index (Phi) is 8.45. The fourth-order valence-electron chi connectivity index (χ4n) is 2.21. The van der Waals surface area contributed by atoms with Crippen molar-refractivity contribution in [2.45, 2.75) is 25.7 Å². The normalized spacial score (nSPS) is 11.1. The zero-order valence-corrected chi connectivity index (χ0v) is 15.1. The third-order valence-electron chi connectivity index (χ3n) is 3.56. The van der Waals surface area contributed by atoms with E-state index in [-0.39, 0.29) is 36.3 Å². The van der Waals surface area contributed by atoms with Crippen molar-refractivity contribution in [3.63, 3.8) is 0 Å². The number of halogens is 2. The van der Waals surface area contributed by atoms with E-state index in [4.69, 9.17) is 0 Å². The van der Waals surface area contributed by atoms with Gasteiger partial charge in [0.15, 0.2) is 0 Å². The highest BCUT2D eigenvalue weighted by Crippen LogP contribution is 2.02. The molecule has 8 heteroatoms. The Bertz CT molecular complexity index is 797. The second-order valence-electron chi connectivity index (χ2n) is 5.90. The van der Waals surface area contributed by atoms with Gasteiger partial charge in [-0.1, -0.05) is 24.3 Å². The highest BCUT2D eigenvalue weighted by molar-refractivity contribution is 5.83. The number of benzene rings is 2. The van der Waals surface area contributed by atoms with Crippen LogP contribution in [0.1, 0.15) is 36.8 Å². The molecule has 146 valence electrons. The minimum Gasteiger partial charge on any atom is -0.273 e. The fraction of sp³-hybridized carbons (Fsp3) is 0.200. The molecule has 6 nitrogen and oxygen atoms in total. The number of carbonyl (C=O) groups is 2. The third-order valence-corrected chi connectivity index (χ3v) is 3.56. The number of carbonyl (C=O) groups excluding carboxylic acids is 2. The molecular formula is C20H20F2N4O2. The molecule has 0 bridgehead atoms. The van der Waals surface area contributed by atoms with E-state index in [1.54, 1.807) is 24.3 Å². The van der Waals surface area contributed by atoms with Crippen LogP contribution in [0.3, 0.4) is 0 Å². The summed E-state index contributed by atoms with van der Waals surface area (Å²) in [5.41, 5.74) is 5.77. The summed E-state index contributed by atoms with van der Waals surface area (Å²) in [7, 11) is 0. The molecule has 0 spiro atoms. The molecule has 2 rings (SSSR count). The highest BCUT2D eigenvalue weighted by Gasteiger charge is 2.03. The summed E-state index contributed by atoms with van der Waals surface area (Å²) in [4.78, 5) is 23.3. The van der Waals surface area contributed by atoms with Crippen molar-refractivity contribution in [1.29, 1.82) is 0 Å². The van der Waals surface area contributed by atoms with E-state index >= 15 is 0 Å². The lowest BCUT2D eigenvalue weighted by Crippen LogP contribution is -2.19. The standard InChI is InChI=1S/C20H20F2N4O2/c21-17-7-3-5-15(11-17)13-23-25-19(27)9-1-2-10-20(28)26-24-14-16-6-4-8-18(22)12-16/h3-8,11-14H,1-2,9-10H2,(H,25,27)(H,26,28). The summed E-state index contributed by atoms with van der Waals surface area (Å²) in [5, 5.41) is 7.51. The Hall–Kier alpha value is -3.42. The number of hydrazone groups is 2. The molecule has 28 heavy (non-hydrogen) atoms. The third kappa shape index (κ3) is 8.31. The molecule has 0 aliphatic heterocycles. The van der Waals surface area contributed by atoms with Crippen LogP contribution in [0.25, 0.3) is 0 Å². The quantitative estimate of drug-likeness (QED) is 0.394. The number of hydrogen-bond acceptors (Lipinski definition) is 4. The Morgan fingerprint density at radius 1 is 0.786 bits per heavy atom. The van der Waals surface area contributed by atoms with E-state index in [0.29, 0.717) is 24.0 Å². The Morgan fingerprint density at radius 3 is 1.61 bits per heavy atom. The fourth-order valence-corrected chi connectivity index (χ4v) is 2.21. The van der Waals surface area contributed by atoms with Gasteiger partial charge in [-0.15, -0.1) is 0 Å². The van der Waals surface area contributed by atoms with Crippen molar-refractivity contribution in [3.05, 3.63) is 71.3 Å². The van der Waals surface area contributed by atoms with Crippen molar-refractivity contribution in [2.24, 2.45) is 10.2 Å². The van der Waals surface area contributed by atoms with Gasteiger partial charge in [0, 0.05) is 12.8 Å². The first kappa shape index (κ1) is 20.9. The maximum Gasteiger partial charge on any atom is 0.240 e. The van der Waals surface area contributed by atoms with Gasteiger partial charge in [-0.25, -0.2) is 19.6 Å². The van der Waals surface area contributed by atoms with Gasteiger partial charge < -0.3 is 0 Å². The van der Waals surface area contributed by atoms with E-state index in [2.05, 4.69) is 21.1 Å². The number of nitrogens with one attached hydrogen (secondary N) is 2. The van der Waals surface area contributed by atoms with Gasteiger partial charge in [0.2, 0.25) is 11.8 Å². The zero-order chi connectivity index (χ0) is 20.2. The van der Waals surface area contributed by atoms with Crippen LogP contribution in [0.15, 0.2) is 58.7 Å². The van der Waals surface area contributed by atoms with Crippen molar-refractivity contribution < 1.29 is 18.4 Å². The average molecular weight is 386 g/mol. The maximum absolute atomic E-state index is 13.0. The van der Waals surface area contributed by atoms with E-state index in [1.165, 1.54) is 36.7 Å². The minimum atomic E-state index is -0.381. The van der Waals surface area contributed by atoms with Gasteiger partial charge in [-0.2, -0.15) is 10.2 Å². The number of rotatable bonds is 9. The number of hydrogen-bond donors (Lipinski definition) is 2. The van der Waals surface area contributed by atoms with E-state index in [0.717, 1.165) is 0 Å². The number of nitrogens with zero attached hydrogens (tertiary/aromatic N) is 2. The summed E-state index contributed by atoms with van der Waals surface area (Å²) in [6, 6.07) is 11.6. The van der Waals surface area contributed by atoms with Crippen LogP contribution in [0.2, 0.25) is 0 Å². The Labute approximate surface area is 161 Å². The maximum atomic E-state index is 13.0. The van der Waals surface area contributed by atoms with Crippen LogP contribution in [0.5, 0.6) is 0 Å². The first-order chi connectivity index (χ1) is 13.5. The van der Waals surface area contributed by atoms with E-state index < -0.39 is 0 Å². The molecular weight excluding hydrogens is 366 g/mol. The molecule has 0 saturated heterocycles. The summed E-state index contributed by atoms with van der Waals surface area (Å²) in [6.07, 6.45) is 4.13. The van der Waals surface area contributed by atoms with Crippen LogP contribution in [0, 0.1) is 11.6 Å². The predicted molar refractivity (Wildman–Crippen MR) is 103 cm³/mol. The highest BCUT2D eigenvalue weighted by atomic mass is 19.1. The molecule has 0 fully saturated rings. The van der Waals surface area contributed by atoms with Crippen LogP contribution in [0.4, 0.5) is 8.78 Å². The SMILES string of the molecule is O=C(CCCCC(=O)NN=Cc1cccc(F)c1)NN=Cc1cccc(F)c1. The van der Waals surface area contributed by atoms with Gasteiger partial charge in [-0.3, -0.25) is 9.59 Å². The van der Waals surface area contributed by atoms with Gasteiger partial charge in [0.1, 0.15) is 11.6 Å². The molecule has 2 N–H and O–H groups in total. The molecule has 0 unspecified atom stereocenters. The molecule has 2 aromatic rings. The summed E-state index contributed by atoms with van der Waals surface area (Å²) >= 11 is 0. The largest absolute Gasteiger partial charge is 0.273 e. The van der Waals surface area contributed by atoms with Gasteiger partial charge in [0.25, 0.3) is 0 Å². The predicted octanol–water partition coefficient (Wildman–Crippen LogP) is 3.13. The molecule has 0 aliphatic carbocycles. The molecule has 2 aromatic carbocycles. The van der Waals surface area contributed by atoms with Crippen molar-refractivity contribution in [3.8, 4) is 0 Å². The first-order valence-electron chi connectivity index (χ1n) is 8.68. The Balaban J connectivity index is 1.58. The second kappa shape index (κ2) is 11.3. The van der Waals surface area contributed by atoms with Crippen molar-refractivity contribution in [2.75, 3.05) is 0 Å². The Morgan fingerprint density at radius 2 is 1.21 bits per heavy atom. The van der Waals surface area contributed by atoms with Crippen LogP contribution in [-0.2, 0) is 9.59 Å². The minimum absolute atomic E-state index is 0.209. The topological polar surface area (TPSA) is 82.9 Å². The lowest BCUT2D eigenvalue weighted by atomic mass is 10.2. The van der Waals surface area contributed by atoms with Crippen molar-refractivity contribution >= 4 is 24.2 Å². The van der Waals surface area contributed by atoms with Crippen LogP contribution < -0.4 is 10.9 Å². The van der Waals surface area contributed by atoms with Gasteiger partial charge >= 0.3 is 0 Å². The summed E-state index contributed by atoms with van der Waals surface area (Å²) < 4.78 is 26.0. The van der Waals surface area contributed by atoms with E-state index in [9.17, 15) is 18.4 Å². The lowest BCUT2D eigenvalue weighted by Gasteiger charge is -2.01. The lowest BCUT2D eigenvalue weighted by molar-refractivity contribution is -0.123. The molecule has 0 aromatic heterocycles. The number of amides is 2. The van der Waals surface area contributed by atoms with Crippen molar-refractivity contribution in [1.82, 2.24) is 10.9 Å². The average Bonchev–Trinajstić information content (AvgIpc) is 2.65.